The molecule has 1 amide bonds. The minimum absolute atomic E-state index is 0.0903. The molecule has 1 aliphatic rings. The number of fused-ring (bicyclic) bond motifs is 1. The Labute approximate surface area is 148 Å². The summed E-state index contributed by atoms with van der Waals surface area (Å²) in [6.07, 6.45) is 1.72. The van der Waals surface area contributed by atoms with Gasteiger partial charge in [-0.15, -0.1) is 0 Å². The van der Waals surface area contributed by atoms with Crippen LogP contribution in [0.5, 0.6) is 0 Å². The monoisotopic (exact) mass is 336 g/mol. The summed E-state index contributed by atoms with van der Waals surface area (Å²) in [5, 5.41) is 13.6. The zero-order chi connectivity index (χ0) is 18.0. The predicted molar refractivity (Wildman–Crippen MR) is 99.3 cm³/mol. The van der Waals surface area contributed by atoms with Crippen molar-refractivity contribution in [3.63, 3.8) is 0 Å². The highest BCUT2D eigenvalue weighted by Crippen LogP contribution is 2.26. The fourth-order valence-electron chi connectivity index (χ4n) is 3.07. The van der Waals surface area contributed by atoms with Crippen molar-refractivity contribution in [3.05, 3.63) is 35.9 Å². The lowest BCUT2D eigenvalue weighted by Crippen LogP contribution is -2.48. The van der Waals surface area contributed by atoms with Crippen LogP contribution < -0.4 is 10.2 Å². The molecule has 1 aromatic heterocycles. The summed E-state index contributed by atoms with van der Waals surface area (Å²) >= 11 is 0. The molecule has 5 nitrogen and oxygen atoms in total. The topological polar surface area (TPSA) is 69.0 Å². The Hall–Kier alpha value is -2.61. The molecule has 0 spiro atoms. The first kappa shape index (κ1) is 17.2. The minimum atomic E-state index is -0.370. The molecule has 0 unspecified atom stereocenters. The van der Waals surface area contributed by atoms with Gasteiger partial charge in [-0.2, -0.15) is 5.26 Å². The normalized spacial score (nSPS) is 15.8. The molecule has 130 valence electrons. The molecule has 3 rings (SSSR count). The van der Waals surface area contributed by atoms with Gasteiger partial charge in [-0.1, -0.05) is 39.0 Å². The number of rotatable bonds is 2. The summed E-state index contributed by atoms with van der Waals surface area (Å²) in [7, 11) is 0. The van der Waals surface area contributed by atoms with Crippen molar-refractivity contribution in [3.8, 4) is 6.07 Å². The molecule has 1 aromatic carbocycles. The second-order valence-electron chi connectivity index (χ2n) is 7.65. The van der Waals surface area contributed by atoms with Crippen LogP contribution in [0.3, 0.4) is 0 Å². The van der Waals surface area contributed by atoms with E-state index in [1.54, 1.807) is 0 Å². The summed E-state index contributed by atoms with van der Waals surface area (Å²) in [6, 6.07) is 12.2. The van der Waals surface area contributed by atoms with Crippen LogP contribution in [0.2, 0.25) is 0 Å². The Morgan fingerprint density at radius 1 is 1.28 bits per heavy atom. The first-order valence-corrected chi connectivity index (χ1v) is 8.74. The van der Waals surface area contributed by atoms with E-state index < -0.39 is 0 Å². The molecule has 1 N–H and O–H groups in total. The number of carbonyl (C=O) groups is 1. The average molecular weight is 336 g/mol. The molecule has 25 heavy (non-hydrogen) atoms. The number of hydrogen-bond acceptors (Lipinski definition) is 4. The number of nitrogens with zero attached hydrogens (tertiary/aromatic N) is 3. The summed E-state index contributed by atoms with van der Waals surface area (Å²) in [4.78, 5) is 19.0. The van der Waals surface area contributed by atoms with E-state index in [9.17, 15) is 10.1 Å². The van der Waals surface area contributed by atoms with Gasteiger partial charge < -0.3 is 10.2 Å². The summed E-state index contributed by atoms with van der Waals surface area (Å²) in [5.74, 6) is 0.842. The number of anilines is 1. The van der Waals surface area contributed by atoms with E-state index in [1.165, 1.54) is 0 Å². The maximum Gasteiger partial charge on any atom is 0.225 e. The van der Waals surface area contributed by atoms with Crippen LogP contribution in [-0.2, 0) is 4.79 Å². The van der Waals surface area contributed by atoms with Gasteiger partial charge in [0.2, 0.25) is 5.91 Å². The number of carbonyl (C=O) groups excluding carboxylic acids is 1. The zero-order valence-corrected chi connectivity index (χ0v) is 15.0. The summed E-state index contributed by atoms with van der Waals surface area (Å²) < 4.78 is 0. The van der Waals surface area contributed by atoms with Crippen molar-refractivity contribution in [1.29, 1.82) is 5.26 Å². The smallest absolute Gasteiger partial charge is 0.225 e. The van der Waals surface area contributed by atoms with Crippen LogP contribution in [0.1, 0.15) is 39.2 Å². The van der Waals surface area contributed by atoms with Crippen LogP contribution in [0.15, 0.2) is 30.3 Å². The van der Waals surface area contributed by atoms with E-state index in [0.717, 1.165) is 42.7 Å². The Balaban J connectivity index is 1.74. The highest BCUT2D eigenvalue weighted by Gasteiger charge is 2.27. The molecule has 0 saturated carbocycles. The Bertz CT molecular complexity index is 824. The molecule has 0 aliphatic carbocycles. The van der Waals surface area contributed by atoms with E-state index in [-0.39, 0.29) is 17.4 Å². The van der Waals surface area contributed by atoms with Crippen LogP contribution in [0.25, 0.3) is 10.9 Å². The van der Waals surface area contributed by atoms with Crippen LogP contribution in [0, 0.1) is 16.7 Å². The van der Waals surface area contributed by atoms with Crippen LogP contribution in [0.4, 0.5) is 5.82 Å². The Kier molecular flexibility index (Phi) is 4.63. The highest BCUT2D eigenvalue weighted by molar-refractivity contribution is 5.83. The number of aromatic nitrogens is 1. The minimum Gasteiger partial charge on any atom is -0.355 e. The van der Waals surface area contributed by atoms with Crippen molar-refractivity contribution in [2.75, 3.05) is 18.0 Å². The second-order valence-corrected chi connectivity index (χ2v) is 7.65. The molecule has 1 saturated heterocycles. The van der Waals surface area contributed by atoms with Crippen molar-refractivity contribution in [2.45, 2.75) is 39.7 Å². The van der Waals surface area contributed by atoms with Gasteiger partial charge in [-0.3, -0.25) is 4.79 Å². The van der Waals surface area contributed by atoms with Crippen LogP contribution >= 0.6 is 0 Å². The number of pyridine rings is 1. The number of hydrogen-bond donors (Lipinski definition) is 1. The predicted octanol–water partition coefficient (Wildman–Crippen LogP) is 3.24. The summed E-state index contributed by atoms with van der Waals surface area (Å²) in [6.45, 7) is 7.35. The Morgan fingerprint density at radius 3 is 2.60 bits per heavy atom. The maximum atomic E-state index is 12.2. The zero-order valence-electron chi connectivity index (χ0n) is 15.0. The van der Waals surface area contributed by atoms with Gasteiger partial charge >= 0.3 is 0 Å². The molecular formula is C20H24N4O. The average Bonchev–Trinajstić information content (AvgIpc) is 2.60. The van der Waals surface area contributed by atoms with Crippen molar-refractivity contribution in [2.24, 2.45) is 5.41 Å². The number of nitrogens with one attached hydrogen (secondary N) is 1. The third-order valence-electron chi connectivity index (χ3n) is 4.64. The van der Waals surface area contributed by atoms with Gasteiger partial charge in [0.15, 0.2) is 0 Å². The van der Waals surface area contributed by atoms with Crippen molar-refractivity contribution >= 4 is 22.6 Å². The van der Waals surface area contributed by atoms with Gasteiger partial charge in [0, 0.05) is 29.9 Å². The van der Waals surface area contributed by atoms with Gasteiger partial charge in [0.25, 0.3) is 0 Å². The molecule has 2 aromatic rings. The largest absolute Gasteiger partial charge is 0.355 e. The van der Waals surface area contributed by atoms with E-state index in [0.29, 0.717) is 5.56 Å². The third-order valence-corrected chi connectivity index (χ3v) is 4.64. The Morgan fingerprint density at radius 2 is 1.96 bits per heavy atom. The first-order valence-electron chi connectivity index (χ1n) is 8.74. The van der Waals surface area contributed by atoms with E-state index in [2.05, 4.69) is 16.3 Å². The second kappa shape index (κ2) is 6.72. The van der Waals surface area contributed by atoms with Crippen LogP contribution in [-0.4, -0.2) is 30.0 Å². The lowest BCUT2D eigenvalue weighted by Gasteiger charge is -2.34. The molecule has 0 atom stereocenters. The lowest BCUT2D eigenvalue weighted by atomic mass is 9.94. The molecule has 5 heteroatoms. The molecule has 0 bridgehead atoms. The van der Waals surface area contributed by atoms with E-state index in [1.807, 2.05) is 51.1 Å². The molecular weight excluding hydrogens is 312 g/mol. The standard InChI is InChI=1S/C20H24N4O/c1-20(2,3)19(25)22-16-8-10-24(11-9-16)18-15(13-21)12-14-6-4-5-7-17(14)23-18/h4-7,12,16H,8-11H2,1-3H3,(H,22,25). The number of nitriles is 1. The van der Waals surface area contributed by atoms with Crippen molar-refractivity contribution < 1.29 is 4.79 Å². The number of benzene rings is 1. The van der Waals surface area contributed by atoms with E-state index in [4.69, 9.17) is 4.98 Å². The molecule has 1 aliphatic heterocycles. The third kappa shape index (κ3) is 3.74. The fraction of sp³-hybridized carbons (Fsp3) is 0.450. The van der Waals surface area contributed by atoms with Crippen molar-refractivity contribution in [1.82, 2.24) is 10.3 Å². The fourth-order valence-corrected chi connectivity index (χ4v) is 3.07. The molecule has 0 radical (unpaired) electrons. The van der Waals surface area contributed by atoms with Gasteiger partial charge in [-0.05, 0) is 25.0 Å². The quantitative estimate of drug-likeness (QED) is 0.914. The lowest BCUT2D eigenvalue weighted by molar-refractivity contribution is -0.129. The highest BCUT2D eigenvalue weighted by atomic mass is 16.2. The molecule has 1 fully saturated rings. The first-order chi connectivity index (χ1) is 11.9. The SMILES string of the molecule is CC(C)(C)C(=O)NC1CCN(c2nc3ccccc3cc2C#N)CC1. The van der Waals surface area contributed by atoms with Gasteiger partial charge in [0.1, 0.15) is 11.9 Å². The number of piperidine rings is 1. The maximum absolute atomic E-state index is 12.2. The summed E-state index contributed by atoms with van der Waals surface area (Å²) in [5.41, 5.74) is 1.14. The number of para-hydroxylation sites is 1. The van der Waals surface area contributed by atoms with E-state index >= 15 is 0 Å². The van der Waals surface area contributed by atoms with Gasteiger partial charge in [-0.25, -0.2) is 4.98 Å². The van der Waals surface area contributed by atoms with Gasteiger partial charge in [0.05, 0.1) is 11.1 Å². The molecule has 2 heterocycles. The number of amides is 1.